The van der Waals surface area contributed by atoms with Crippen LogP contribution in [0.15, 0.2) is 42.5 Å². The van der Waals surface area contributed by atoms with Crippen LogP contribution in [0.2, 0.25) is 0 Å². The lowest BCUT2D eigenvalue weighted by Gasteiger charge is -2.28. The second kappa shape index (κ2) is 8.86. The highest BCUT2D eigenvalue weighted by Gasteiger charge is 2.12. The van der Waals surface area contributed by atoms with Gasteiger partial charge in [0.25, 0.3) is 0 Å². The van der Waals surface area contributed by atoms with Crippen molar-refractivity contribution >= 4 is 45.9 Å². The first kappa shape index (κ1) is 19.8. The molecule has 2 heterocycles. The van der Waals surface area contributed by atoms with E-state index < -0.39 is 0 Å². The number of piperidine rings is 1. The Morgan fingerprint density at radius 3 is 2.27 bits per heavy atom. The molecule has 30 heavy (non-hydrogen) atoms. The third-order valence-corrected chi connectivity index (χ3v) is 5.24. The predicted octanol–water partition coefficient (Wildman–Crippen LogP) is 3.49. The largest absolute Gasteiger partial charge is 0.372 e. The van der Waals surface area contributed by atoms with E-state index in [-0.39, 0.29) is 24.7 Å². The van der Waals surface area contributed by atoms with Gasteiger partial charge in [-0.25, -0.2) is 4.98 Å². The number of imidazole rings is 1. The van der Waals surface area contributed by atoms with Crippen LogP contribution in [0.4, 0.5) is 23.0 Å². The highest BCUT2D eigenvalue weighted by Crippen LogP contribution is 2.22. The van der Waals surface area contributed by atoms with Crippen LogP contribution in [0.1, 0.15) is 32.1 Å². The lowest BCUT2D eigenvalue weighted by molar-refractivity contribution is -0.121. The fourth-order valence-corrected chi connectivity index (χ4v) is 3.69. The Hall–Kier alpha value is -3.55. The summed E-state index contributed by atoms with van der Waals surface area (Å²) in [6.45, 7) is 2.17. The lowest BCUT2D eigenvalue weighted by Crippen LogP contribution is -2.29. The molecule has 0 radical (unpaired) electrons. The van der Waals surface area contributed by atoms with Crippen molar-refractivity contribution in [2.45, 2.75) is 32.1 Å². The van der Waals surface area contributed by atoms with Gasteiger partial charge in [0.2, 0.25) is 11.8 Å². The minimum absolute atomic E-state index is 0.0981. The van der Waals surface area contributed by atoms with Crippen molar-refractivity contribution < 1.29 is 9.59 Å². The van der Waals surface area contributed by atoms with Crippen LogP contribution in [0.5, 0.6) is 0 Å². The summed E-state index contributed by atoms with van der Waals surface area (Å²) in [5, 5.41) is 5.65. The van der Waals surface area contributed by atoms with Crippen LogP contribution in [0.25, 0.3) is 11.0 Å². The maximum absolute atomic E-state index is 12.2. The molecular formula is C22H26N6O2. The number of hydrogen-bond acceptors (Lipinski definition) is 5. The van der Waals surface area contributed by atoms with E-state index in [4.69, 9.17) is 5.73 Å². The Labute approximate surface area is 174 Å². The zero-order valence-corrected chi connectivity index (χ0v) is 16.8. The number of nitrogens with one attached hydrogen (secondary N) is 3. The van der Waals surface area contributed by atoms with Gasteiger partial charge in [0, 0.05) is 43.0 Å². The third kappa shape index (κ3) is 4.89. The predicted molar refractivity (Wildman–Crippen MR) is 120 cm³/mol. The number of fused-ring (bicyclic) bond motifs is 1. The highest BCUT2D eigenvalue weighted by atomic mass is 16.2. The van der Waals surface area contributed by atoms with Gasteiger partial charge in [-0.15, -0.1) is 0 Å². The van der Waals surface area contributed by atoms with Gasteiger partial charge in [-0.1, -0.05) is 0 Å². The number of carbonyl (C=O) groups excluding carboxylic acids is 2. The molecule has 5 N–H and O–H groups in total. The molecule has 3 aromatic rings. The summed E-state index contributed by atoms with van der Waals surface area (Å²) >= 11 is 0. The van der Waals surface area contributed by atoms with E-state index >= 15 is 0 Å². The second-order valence-corrected chi connectivity index (χ2v) is 7.54. The van der Waals surface area contributed by atoms with Gasteiger partial charge in [0.15, 0.2) is 5.95 Å². The molecule has 0 bridgehead atoms. The number of H-pyrrole nitrogens is 1. The summed E-state index contributed by atoms with van der Waals surface area (Å²) in [5.41, 5.74) is 9.66. The van der Waals surface area contributed by atoms with Crippen LogP contribution in [-0.2, 0) is 9.59 Å². The van der Waals surface area contributed by atoms with Crippen LogP contribution in [0.3, 0.4) is 0 Å². The van der Waals surface area contributed by atoms with Gasteiger partial charge >= 0.3 is 0 Å². The molecule has 156 valence electrons. The Kier molecular flexibility index (Phi) is 5.83. The first-order valence-electron chi connectivity index (χ1n) is 10.3. The van der Waals surface area contributed by atoms with Crippen molar-refractivity contribution in [3.63, 3.8) is 0 Å². The Balaban J connectivity index is 1.25. The van der Waals surface area contributed by atoms with Crippen molar-refractivity contribution in [2.75, 3.05) is 34.4 Å². The Morgan fingerprint density at radius 2 is 1.57 bits per heavy atom. The summed E-state index contributed by atoms with van der Waals surface area (Å²) < 4.78 is 0. The molecule has 0 unspecified atom stereocenters. The van der Waals surface area contributed by atoms with Gasteiger partial charge in [-0.2, -0.15) is 0 Å². The monoisotopic (exact) mass is 406 g/mol. The van der Waals surface area contributed by atoms with Crippen LogP contribution >= 0.6 is 0 Å². The van der Waals surface area contributed by atoms with Crippen molar-refractivity contribution in [3.8, 4) is 0 Å². The molecule has 0 atom stereocenters. The van der Waals surface area contributed by atoms with Gasteiger partial charge < -0.3 is 26.3 Å². The normalized spacial score (nSPS) is 13.9. The highest BCUT2D eigenvalue weighted by molar-refractivity contribution is 5.97. The smallest absolute Gasteiger partial charge is 0.224 e. The first-order valence-corrected chi connectivity index (χ1v) is 10.3. The molecule has 1 fully saturated rings. The zero-order valence-electron chi connectivity index (χ0n) is 16.8. The van der Waals surface area contributed by atoms with Crippen LogP contribution in [-0.4, -0.2) is 34.9 Å². The van der Waals surface area contributed by atoms with Gasteiger partial charge in [0.05, 0.1) is 11.0 Å². The number of rotatable bonds is 6. The summed E-state index contributed by atoms with van der Waals surface area (Å²) in [4.78, 5) is 33.8. The van der Waals surface area contributed by atoms with E-state index in [2.05, 4.69) is 25.5 Å². The number of anilines is 4. The Bertz CT molecular complexity index is 1040. The number of nitrogen functional groups attached to an aromatic ring is 1. The fourth-order valence-electron chi connectivity index (χ4n) is 3.69. The molecule has 0 spiro atoms. The number of hydrogen-bond donors (Lipinski definition) is 4. The average Bonchev–Trinajstić information content (AvgIpc) is 3.13. The van der Waals surface area contributed by atoms with E-state index in [1.165, 1.54) is 24.9 Å². The molecule has 1 saturated heterocycles. The van der Waals surface area contributed by atoms with Crippen LogP contribution in [0, 0.1) is 0 Å². The van der Waals surface area contributed by atoms with Gasteiger partial charge in [-0.05, 0) is 61.7 Å². The number of carbonyl (C=O) groups is 2. The second-order valence-electron chi connectivity index (χ2n) is 7.54. The number of nitrogens with two attached hydrogens (primary N) is 1. The lowest BCUT2D eigenvalue weighted by atomic mass is 10.1. The summed E-state index contributed by atoms with van der Waals surface area (Å²) in [6, 6.07) is 13.2. The molecule has 1 aliphatic heterocycles. The number of benzene rings is 2. The molecule has 8 nitrogen and oxygen atoms in total. The van der Waals surface area contributed by atoms with Crippen molar-refractivity contribution in [1.29, 1.82) is 0 Å². The number of aromatic nitrogens is 2. The number of aromatic amines is 1. The first-order chi connectivity index (χ1) is 14.6. The van der Waals surface area contributed by atoms with E-state index in [0.717, 1.165) is 29.8 Å². The molecule has 8 heteroatoms. The Morgan fingerprint density at radius 1 is 0.933 bits per heavy atom. The zero-order chi connectivity index (χ0) is 20.9. The van der Waals surface area contributed by atoms with E-state index in [1.807, 2.05) is 24.3 Å². The molecule has 1 aromatic heterocycles. The SMILES string of the molecule is Nc1nc2ccc(NC(=O)CCC(=O)Nc3ccc(N4CCCCC4)cc3)cc2[nH]1. The van der Waals surface area contributed by atoms with Gasteiger partial charge in [-0.3, -0.25) is 9.59 Å². The number of nitrogens with zero attached hydrogens (tertiary/aromatic N) is 2. The molecular weight excluding hydrogens is 380 g/mol. The summed E-state index contributed by atoms with van der Waals surface area (Å²) in [6.07, 6.45) is 3.96. The summed E-state index contributed by atoms with van der Waals surface area (Å²) in [7, 11) is 0. The molecule has 0 saturated carbocycles. The average molecular weight is 406 g/mol. The minimum Gasteiger partial charge on any atom is -0.372 e. The quantitative estimate of drug-likeness (QED) is 0.500. The molecule has 2 amide bonds. The molecule has 2 aromatic carbocycles. The van der Waals surface area contributed by atoms with Crippen molar-refractivity contribution in [2.24, 2.45) is 0 Å². The van der Waals surface area contributed by atoms with Crippen LogP contribution < -0.4 is 21.3 Å². The van der Waals surface area contributed by atoms with E-state index in [9.17, 15) is 9.59 Å². The van der Waals surface area contributed by atoms with E-state index in [0.29, 0.717) is 11.6 Å². The molecule has 0 aliphatic carbocycles. The van der Waals surface area contributed by atoms with Crippen molar-refractivity contribution in [3.05, 3.63) is 42.5 Å². The maximum atomic E-state index is 12.2. The third-order valence-electron chi connectivity index (χ3n) is 5.24. The molecule has 1 aliphatic rings. The van der Waals surface area contributed by atoms with E-state index in [1.54, 1.807) is 18.2 Å². The standard InChI is InChI=1S/C22H26N6O2/c23-22-26-18-9-6-16(14-19(18)27-22)25-21(30)11-10-20(29)24-15-4-7-17(8-5-15)28-12-2-1-3-13-28/h4-9,14H,1-3,10-13H2,(H,24,29)(H,25,30)(H3,23,26,27). The maximum Gasteiger partial charge on any atom is 0.224 e. The van der Waals surface area contributed by atoms with Gasteiger partial charge in [0.1, 0.15) is 0 Å². The number of amides is 2. The topological polar surface area (TPSA) is 116 Å². The van der Waals surface area contributed by atoms with Crippen molar-refractivity contribution in [1.82, 2.24) is 9.97 Å². The fraction of sp³-hybridized carbons (Fsp3) is 0.318. The summed E-state index contributed by atoms with van der Waals surface area (Å²) in [5.74, 6) is -0.0841. The minimum atomic E-state index is -0.225. The molecule has 4 rings (SSSR count).